The van der Waals surface area contributed by atoms with Crippen molar-refractivity contribution < 1.29 is 19.1 Å². The zero-order chi connectivity index (χ0) is 16.8. The second-order valence-corrected chi connectivity index (χ2v) is 5.11. The summed E-state index contributed by atoms with van der Waals surface area (Å²) in [5.74, 6) is 1.14. The monoisotopic (exact) mass is 326 g/mol. The minimum absolute atomic E-state index is 0.100. The van der Waals surface area contributed by atoms with Crippen LogP contribution < -0.4 is 4.74 Å². The molecule has 0 fully saturated rings. The molecule has 124 valence electrons. The zero-order valence-electron chi connectivity index (χ0n) is 13.3. The zero-order valence-corrected chi connectivity index (χ0v) is 13.3. The molecule has 24 heavy (non-hydrogen) atoms. The first-order valence-electron chi connectivity index (χ1n) is 7.65. The van der Waals surface area contributed by atoms with Gasteiger partial charge < -0.3 is 19.1 Å². The minimum atomic E-state index is 0.100. The van der Waals surface area contributed by atoms with Gasteiger partial charge in [-0.15, -0.1) is 0 Å². The molecular weight excluding hydrogens is 308 g/mol. The molecule has 6 heteroatoms. The minimum Gasteiger partial charge on any atom is -0.504 e. The van der Waals surface area contributed by atoms with Crippen LogP contribution in [0.4, 0.5) is 0 Å². The topological polar surface area (TPSA) is 77.6 Å². The number of phenolic OH excluding ortho intramolecular Hbond substituents is 1. The Morgan fingerprint density at radius 3 is 2.83 bits per heavy atom. The highest BCUT2D eigenvalue weighted by molar-refractivity contribution is 5.63. The van der Waals surface area contributed by atoms with Crippen LogP contribution in [-0.4, -0.2) is 21.9 Å². The lowest BCUT2D eigenvalue weighted by Gasteiger charge is -2.06. The fraction of sp³-hybridized carbons (Fsp3) is 0.222. The number of phenols is 1. The van der Waals surface area contributed by atoms with Crippen molar-refractivity contribution in [1.29, 1.82) is 0 Å². The van der Waals surface area contributed by atoms with Crippen LogP contribution in [0.3, 0.4) is 0 Å². The van der Waals surface area contributed by atoms with E-state index in [0.29, 0.717) is 37.0 Å². The van der Waals surface area contributed by atoms with Crippen molar-refractivity contribution in [2.45, 2.75) is 20.1 Å². The molecule has 0 aliphatic heterocycles. The van der Waals surface area contributed by atoms with Crippen LogP contribution in [0.15, 0.2) is 53.2 Å². The number of benzene rings is 1. The van der Waals surface area contributed by atoms with E-state index in [4.69, 9.17) is 14.0 Å². The van der Waals surface area contributed by atoms with Crippen molar-refractivity contribution in [3.8, 4) is 22.8 Å². The van der Waals surface area contributed by atoms with Gasteiger partial charge in [0.1, 0.15) is 12.3 Å². The van der Waals surface area contributed by atoms with E-state index in [1.165, 1.54) is 0 Å². The Hall–Kier alpha value is -2.86. The average molecular weight is 326 g/mol. The standard InChI is InChI=1S/C18H18N2O4/c1-2-23-18-9-13(6-7-17(18)21)16-10-15(24-20-16)12-22-11-14-5-3-4-8-19-14/h3-10,21H,2,11-12H2,1H3. The van der Waals surface area contributed by atoms with Gasteiger partial charge in [-0.2, -0.15) is 0 Å². The highest BCUT2D eigenvalue weighted by Crippen LogP contribution is 2.31. The number of hydrogen-bond acceptors (Lipinski definition) is 6. The molecule has 0 saturated heterocycles. The Kier molecular flexibility index (Phi) is 5.08. The molecule has 1 N–H and O–H groups in total. The average Bonchev–Trinajstić information content (AvgIpc) is 3.07. The molecule has 3 aromatic rings. The summed E-state index contributed by atoms with van der Waals surface area (Å²) in [4.78, 5) is 4.19. The number of aromatic hydroxyl groups is 1. The fourth-order valence-electron chi connectivity index (χ4n) is 2.20. The first-order chi connectivity index (χ1) is 11.8. The maximum Gasteiger partial charge on any atom is 0.163 e. The van der Waals surface area contributed by atoms with Gasteiger partial charge in [-0.1, -0.05) is 11.2 Å². The summed E-state index contributed by atoms with van der Waals surface area (Å²) in [6.45, 7) is 3.05. The quantitative estimate of drug-likeness (QED) is 0.715. The third kappa shape index (κ3) is 3.91. The van der Waals surface area contributed by atoms with Gasteiger partial charge in [-0.25, -0.2) is 0 Å². The van der Waals surface area contributed by atoms with Gasteiger partial charge in [0.15, 0.2) is 17.3 Å². The summed E-state index contributed by atoms with van der Waals surface area (Å²) < 4.78 is 16.2. The molecule has 1 aromatic carbocycles. The first kappa shape index (κ1) is 16.0. The van der Waals surface area contributed by atoms with Crippen molar-refractivity contribution in [3.63, 3.8) is 0 Å². The van der Waals surface area contributed by atoms with Crippen molar-refractivity contribution in [2.75, 3.05) is 6.61 Å². The number of hydrogen-bond donors (Lipinski definition) is 1. The number of ether oxygens (including phenoxy) is 2. The molecule has 0 aliphatic rings. The molecule has 0 atom stereocenters. The van der Waals surface area contributed by atoms with E-state index in [1.54, 1.807) is 30.5 Å². The van der Waals surface area contributed by atoms with Crippen LogP contribution in [0.5, 0.6) is 11.5 Å². The normalized spacial score (nSPS) is 10.7. The molecule has 0 aliphatic carbocycles. The van der Waals surface area contributed by atoms with Crippen molar-refractivity contribution >= 4 is 0 Å². The molecule has 0 radical (unpaired) electrons. The Bertz CT molecular complexity index is 787. The van der Waals surface area contributed by atoms with Gasteiger partial charge >= 0.3 is 0 Å². The maximum absolute atomic E-state index is 9.75. The van der Waals surface area contributed by atoms with Crippen LogP contribution in [0.2, 0.25) is 0 Å². The van der Waals surface area contributed by atoms with Crippen LogP contribution in [0, 0.1) is 0 Å². The molecule has 2 aromatic heterocycles. The third-order valence-corrected chi connectivity index (χ3v) is 3.33. The van der Waals surface area contributed by atoms with Gasteiger partial charge in [0.2, 0.25) is 0 Å². The highest BCUT2D eigenvalue weighted by Gasteiger charge is 2.10. The van der Waals surface area contributed by atoms with Crippen LogP contribution in [-0.2, 0) is 18.0 Å². The van der Waals surface area contributed by atoms with E-state index in [9.17, 15) is 5.11 Å². The van der Waals surface area contributed by atoms with E-state index in [1.807, 2.05) is 25.1 Å². The van der Waals surface area contributed by atoms with E-state index < -0.39 is 0 Å². The molecule has 2 heterocycles. The Labute approximate surface area is 139 Å². The lowest BCUT2D eigenvalue weighted by atomic mass is 10.1. The van der Waals surface area contributed by atoms with Gasteiger partial charge in [-0.05, 0) is 37.3 Å². The van der Waals surface area contributed by atoms with Crippen molar-refractivity contribution in [1.82, 2.24) is 10.1 Å². The number of rotatable bonds is 7. The molecule has 0 saturated carbocycles. The lowest BCUT2D eigenvalue weighted by Crippen LogP contribution is -1.94. The molecule has 0 unspecified atom stereocenters. The lowest BCUT2D eigenvalue weighted by molar-refractivity contribution is 0.0862. The summed E-state index contributed by atoms with van der Waals surface area (Å²) in [6.07, 6.45) is 1.73. The van der Waals surface area contributed by atoms with E-state index in [0.717, 1.165) is 11.3 Å². The molecule has 0 amide bonds. The molecule has 0 spiro atoms. The molecule has 0 bridgehead atoms. The van der Waals surface area contributed by atoms with Crippen LogP contribution in [0.25, 0.3) is 11.3 Å². The maximum atomic E-state index is 9.75. The number of nitrogens with zero attached hydrogens (tertiary/aromatic N) is 2. The summed E-state index contributed by atoms with van der Waals surface area (Å²) in [5, 5.41) is 13.8. The van der Waals surface area contributed by atoms with E-state index in [-0.39, 0.29) is 5.75 Å². The van der Waals surface area contributed by atoms with Gasteiger partial charge in [0, 0.05) is 17.8 Å². The second kappa shape index (κ2) is 7.61. The summed E-state index contributed by atoms with van der Waals surface area (Å²) in [6, 6.07) is 12.5. The van der Waals surface area contributed by atoms with Crippen molar-refractivity contribution in [2.24, 2.45) is 0 Å². The smallest absolute Gasteiger partial charge is 0.163 e. The summed E-state index contributed by atoms with van der Waals surface area (Å²) in [7, 11) is 0. The Morgan fingerprint density at radius 1 is 1.12 bits per heavy atom. The van der Waals surface area contributed by atoms with E-state index in [2.05, 4.69) is 10.1 Å². The largest absolute Gasteiger partial charge is 0.504 e. The Balaban J connectivity index is 1.64. The first-order valence-corrected chi connectivity index (χ1v) is 7.65. The molecule has 3 rings (SSSR count). The van der Waals surface area contributed by atoms with E-state index >= 15 is 0 Å². The third-order valence-electron chi connectivity index (χ3n) is 3.33. The van der Waals surface area contributed by atoms with Gasteiger partial charge in [0.05, 0.1) is 18.9 Å². The highest BCUT2D eigenvalue weighted by atomic mass is 16.5. The SMILES string of the molecule is CCOc1cc(-c2cc(COCc3ccccn3)on2)ccc1O. The summed E-state index contributed by atoms with van der Waals surface area (Å²) >= 11 is 0. The number of pyridine rings is 1. The number of aromatic nitrogens is 2. The molecule has 6 nitrogen and oxygen atoms in total. The van der Waals surface area contributed by atoms with Gasteiger partial charge in [-0.3, -0.25) is 4.98 Å². The second-order valence-electron chi connectivity index (χ2n) is 5.11. The summed E-state index contributed by atoms with van der Waals surface area (Å²) in [5.41, 5.74) is 2.32. The molecular formula is C18H18N2O4. The van der Waals surface area contributed by atoms with Crippen LogP contribution in [0.1, 0.15) is 18.4 Å². The van der Waals surface area contributed by atoms with Crippen molar-refractivity contribution in [3.05, 3.63) is 60.1 Å². The van der Waals surface area contributed by atoms with Gasteiger partial charge in [0.25, 0.3) is 0 Å². The fourth-order valence-corrected chi connectivity index (χ4v) is 2.20. The Morgan fingerprint density at radius 2 is 2.04 bits per heavy atom. The predicted molar refractivity (Wildman–Crippen MR) is 87.5 cm³/mol. The van der Waals surface area contributed by atoms with Crippen LogP contribution >= 0.6 is 0 Å². The predicted octanol–water partition coefficient (Wildman–Crippen LogP) is 3.56.